The van der Waals surface area contributed by atoms with E-state index in [9.17, 15) is 14.0 Å². The molecule has 144 valence electrons. The van der Waals surface area contributed by atoms with Crippen LogP contribution in [0.3, 0.4) is 0 Å². The van der Waals surface area contributed by atoms with E-state index in [1.165, 1.54) is 29.7 Å². The van der Waals surface area contributed by atoms with Crippen LogP contribution in [0.1, 0.15) is 34.7 Å². The first-order valence-electron chi connectivity index (χ1n) is 8.91. The van der Waals surface area contributed by atoms with E-state index in [0.717, 1.165) is 18.4 Å². The largest absolute Gasteiger partial charge is 0.459 e. The van der Waals surface area contributed by atoms with Crippen LogP contribution in [0, 0.1) is 5.82 Å². The number of nitrogens with zero attached hydrogens (tertiary/aromatic N) is 2. The molecule has 1 N–H and O–H groups in total. The highest BCUT2D eigenvalue weighted by Crippen LogP contribution is 2.29. The molecule has 0 saturated heterocycles. The lowest BCUT2D eigenvalue weighted by molar-refractivity contribution is -0.131. The van der Waals surface area contributed by atoms with Crippen LogP contribution >= 0.6 is 11.3 Å². The van der Waals surface area contributed by atoms with Crippen LogP contribution < -0.4 is 5.32 Å². The third kappa shape index (κ3) is 4.45. The van der Waals surface area contributed by atoms with Crippen LogP contribution in [0.2, 0.25) is 0 Å². The molecule has 1 saturated carbocycles. The average Bonchev–Trinajstić information content (AvgIpc) is 3.17. The van der Waals surface area contributed by atoms with E-state index in [4.69, 9.17) is 4.42 Å². The summed E-state index contributed by atoms with van der Waals surface area (Å²) < 4.78 is 18.1. The third-order valence-electron chi connectivity index (χ3n) is 4.42. The topological polar surface area (TPSA) is 75.4 Å². The fourth-order valence-corrected chi connectivity index (χ4v) is 3.57. The van der Waals surface area contributed by atoms with Crippen LogP contribution in [0.25, 0.3) is 0 Å². The summed E-state index contributed by atoms with van der Waals surface area (Å²) in [4.78, 5) is 31.0. The molecule has 3 aromatic rings. The van der Waals surface area contributed by atoms with E-state index in [2.05, 4.69) is 10.3 Å². The monoisotopic (exact) mass is 399 g/mol. The van der Waals surface area contributed by atoms with Crippen molar-refractivity contribution in [1.29, 1.82) is 0 Å². The maximum absolute atomic E-state index is 13.1. The highest BCUT2D eigenvalue weighted by Gasteiger charge is 2.32. The fraction of sp³-hybridized carbons (Fsp3) is 0.250. The molecule has 0 unspecified atom stereocenters. The first kappa shape index (κ1) is 18.4. The molecule has 2 heterocycles. The van der Waals surface area contributed by atoms with Gasteiger partial charge in [-0.1, -0.05) is 12.1 Å². The zero-order valence-electron chi connectivity index (χ0n) is 14.9. The summed E-state index contributed by atoms with van der Waals surface area (Å²) in [7, 11) is 0. The summed E-state index contributed by atoms with van der Waals surface area (Å²) in [5.41, 5.74) is 1.50. The smallest absolute Gasteiger partial charge is 0.293 e. The van der Waals surface area contributed by atoms with E-state index < -0.39 is 0 Å². The van der Waals surface area contributed by atoms with Crippen molar-refractivity contribution in [1.82, 2.24) is 9.88 Å². The fourth-order valence-electron chi connectivity index (χ4n) is 2.86. The Hall–Kier alpha value is -3.00. The number of amides is 2. The Kier molecular flexibility index (Phi) is 5.21. The van der Waals surface area contributed by atoms with Crippen LogP contribution in [-0.4, -0.2) is 27.7 Å². The van der Waals surface area contributed by atoms with Crippen molar-refractivity contribution in [2.45, 2.75) is 31.8 Å². The first-order valence-corrected chi connectivity index (χ1v) is 9.79. The third-order valence-corrected chi connectivity index (χ3v) is 5.23. The van der Waals surface area contributed by atoms with E-state index in [1.807, 2.05) is 4.90 Å². The Balaban J connectivity index is 1.38. The molecular formula is C20H18FN3O3S. The van der Waals surface area contributed by atoms with Gasteiger partial charge in [0.2, 0.25) is 5.91 Å². The zero-order valence-corrected chi connectivity index (χ0v) is 15.7. The molecule has 1 aliphatic rings. The molecule has 0 aliphatic heterocycles. The van der Waals surface area contributed by atoms with Crippen molar-refractivity contribution in [3.05, 3.63) is 70.9 Å². The van der Waals surface area contributed by atoms with Gasteiger partial charge in [0.1, 0.15) is 5.82 Å². The molecule has 8 heteroatoms. The Morgan fingerprint density at radius 1 is 1.25 bits per heavy atom. The molecular weight excluding hydrogens is 381 g/mol. The van der Waals surface area contributed by atoms with Crippen molar-refractivity contribution < 1.29 is 18.4 Å². The van der Waals surface area contributed by atoms with E-state index in [-0.39, 0.29) is 35.9 Å². The minimum Gasteiger partial charge on any atom is -0.459 e. The predicted octanol–water partition coefficient (Wildman–Crippen LogP) is 3.86. The van der Waals surface area contributed by atoms with E-state index >= 15 is 0 Å². The van der Waals surface area contributed by atoms with Gasteiger partial charge in [-0.15, -0.1) is 11.3 Å². The van der Waals surface area contributed by atoms with E-state index in [0.29, 0.717) is 17.4 Å². The number of carbonyl (C=O) groups excluding carboxylic acids is 2. The second-order valence-electron chi connectivity index (χ2n) is 6.63. The number of carbonyl (C=O) groups is 2. The van der Waals surface area contributed by atoms with Crippen molar-refractivity contribution in [3.8, 4) is 0 Å². The minimum absolute atomic E-state index is 0.0268. The van der Waals surface area contributed by atoms with Gasteiger partial charge in [0.05, 0.1) is 18.4 Å². The molecule has 0 bridgehead atoms. The SMILES string of the molecule is O=C(Nc1nc(CC(=O)N(Cc2ccc(F)cc2)C2CC2)cs1)c1ccco1. The minimum atomic E-state index is -0.381. The number of aromatic nitrogens is 1. The number of halogens is 1. The number of hydrogen-bond acceptors (Lipinski definition) is 5. The first-order chi connectivity index (χ1) is 13.6. The molecule has 0 radical (unpaired) electrons. The quantitative estimate of drug-likeness (QED) is 0.655. The Morgan fingerprint density at radius 2 is 2.04 bits per heavy atom. The van der Waals surface area contributed by atoms with Gasteiger partial charge in [-0.05, 0) is 42.7 Å². The predicted molar refractivity (Wildman–Crippen MR) is 102 cm³/mol. The van der Waals surface area contributed by atoms with Gasteiger partial charge in [0.15, 0.2) is 10.9 Å². The summed E-state index contributed by atoms with van der Waals surface area (Å²) in [6.07, 6.45) is 3.54. The molecule has 2 amide bonds. The summed E-state index contributed by atoms with van der Waals surface area (Å²) >= 11 is 1.26. The summed E-state index contributed by atoms with van der Waals surface area (Å²) in [6.45, 7) is 0.454. The molecule has 28 heavy (non-hydrogen) atoms. The van der Waals surface area contributed by atoms with Gasteiger partial charge in [0, 0.05) is 18.0 Å². The number of thiazole rings is 1. The van der Waals surface area contributed by atoms with Crippen molar-refractivity contribution in [2.75, 3.05) is 5.32 Å². The van der Waals surface area contributed by atoms with Crippen LogP contribution in [-0.2, 0) is 17.8 Å². The van der Waals surface area contributed by atoms with Crippen LogP contribution in [0.4, 0.5) is 9.52 Å². The highest BCUT2D eigenvalue weighted by atomic mass is 32.1. The molecule has 0 spiro atoms. The molecule has 6 nitrogen and oxygen atoms in total. The summed E-state index contributed by atoms with van der Waals surface area (Å²) in [5, 5.41) is 4.84. The number of anilines is 1. The molecule has 1 aliphatic carbocycles. The Labute approximate surface area is 165 Å². The summed E-state index contributed by atoms with van der Waals surface area (Å²) in [5.74, 6) is -0.499. The van der Waals surface area contributed by atoms with Gasteiger partial charge >= 0.3 is 0 Å². The second kappa shape index (κ2) is 7.93. The van der Waals surface area contributed by atoms with Crippen LogP contribution in [0.15, 0.2) is 52.5 Å². The standard InChI is InChI=1S/C20H18FN3O3S/c21-14-5-3-13(4-6-14)11-24(16-7-8-16)18(25)10-15-12-28-20(22-15)23-19(26)17-2-1-9-27-17/h1-6,9,12,16H,7-8,10-11H2,(H,22,23,26). The Morgan fingerprint density at radius 3 is 2.71 bits per heavy atom. The van der Waals surface area contributed by atoms with Gasteiger partial charge in [-0.3, -0.25) is 14.9 Å². The van der Waals surface area contributed by atoms with Gasteiger partial charge < -0.3 is 9.32 Å². The average molecular weight is 399 g/mol. The second-order valence-corrected chi connectivity index (χ2v) is 7.49. The van der Waals surface area contributed by atoms with Gasteiger partial charge in [-0.2, -0.15) is 0 Å². The van der Waals surface area contributed by atoms with E-state index in [1.54, 1.807) is 29.6 Å². The van der Waals surface area contributed by atoms with Crippen LogP contribution in [0.5, 0.6) is 0 Å². The maximum atomic E-state index is 13.1. The normalized spacial score (nSPS) is 13.3. The van der Waals surface area contributed by atoms with Gasteiger partial charge in [-0.25, -0.2) is 9.37 Å². The van der Waals surface area contributed by atoms with Crippen molar-refractivity contribution in [3.63, 3.8) is 0 Å². The number of nitrogens with one attached hydrogen (secondary N) is 1. The lowest BCUT2D eigenvalue weighted by Crippen LogP contribution is -2.33. The molecule has 2 aromatic heterocycles. The highest BCUT2D eigenvalue weighted by molar-refractivity contribution is 7.14. The van der Waals surface area contributed by atoms with Crippen molar-refractivity contribution in [2.24, 2.45) is 0 Å². The molecule has 1 fully saturated rings. The number of rotatable bonds is 7. The number of hydrogen-bond donors (Lipinski definition) is 1. The van der Waals surface area contributed by atoms with Crippen molar-refractivity contribution >= 4 is 28.3 Å². The lowest BCUT2D eigenvalue weighted by atomic mass is 10.2. The number of benzene rings is 1. The maximum Gasteiger partial charge on any atom is 0.293 e. The Bertz CT molecular complexity index is 965. The molecule has 1 aromatic carbocycles. The molecule has 0 atom stereocenters. The zero-order chi connectivity index (χ0) is 19.5. The van der Waals surface area contributed by atoms with Gasteiger partial charge in [0.25, 0.3) is 5.91 Å². The molecule has 4 rings (SSSR count). The number of furan rings is 1. The lowest BCUT2D eigenvalue weighted by Gasteiger charge is -2.22. The summed E-state index contributed by atoms with van der Waals surface area (Å²) in [6, 6.07) is 9.63.